The Balaban J connectivity index is 2.77. The van der Waals surface area contributed by atoms with Gasteiger partial charge in [0.2, 0.25) is 0 Å². The summed E-state index contributed by atoms with van der Waals surface area (Å²) in [6.07, 6.45) is 1.64. The third kappa shape index (κ3) is 3.05. The second-order valence-corrected chi connectivity index (χ2v) is 4.23. The number of carbonyl (C=O) groups is 2. The number of carbonyl (C=O) groups excluding carboxylic acids is 1. The maximum Gasteiger partial charge on any atom is 0.308 e. The first kappa shape index (κ1) is 13.2. The van der Waals surface area contributed by atoms with Gasteiger partial charge in [0, 0.05) is 26.8 Å². The zero-order valence-corrected chi connectivity index (χ0v) is 10.5. The number of rotatable bonds is 4. The van der Waals surface area contributed by atoms with Crippen molar-refractivity contribution >= 4 is 11.9 Å². The first-order valence-corrected chi connectivity index (χ1v) is 5.31. The fourth-order valence-corrected chi connectivity index (χ4v) is 1.59. The number of aryl methyl sites for hydroxylation is 2. The Kier molecular flexibility index (Phi) is 3.88. The number of aromatic nitrogens is 2. The second-order valence-electron chi connectivity index (χ2n) is 4.23. The normalized spacial score (nSPS) is 12.2. The van der Waals surface area contributed by atoms with Crippen LogP contribution in [0, 0.1) is 12.8 Å². The highest BCUT2D eigenvalue weighted by atomic mass is 16.4. The molecule has 0 bridgehead atoms. The molecule has 0 radical (unpaired) electrons. The van der Waals surface area contributed by atoms with Crippen molar-refractivity contribution in [2.24, 2.45) is 13.0 Å². The molecular weight excluding hydrogens is 222 g/mol. The van der Waals surface area contributed by atoms with Gasteiger partial charge in [-0.15, -0.1) is 0 Å². The quantitative estimate of drug-likeness (QED) is 0.831. The molecular formula is C11H17N3O3. The van der Waals surface area contributed by atoms with E-state index < -0.39 is 11.9 Å². The standard InChI is InChI=1S/C11H17N3O3/c1-7(11(16)17)5-13(3)10(15)9-6-14(4)12-8(9)2/h6-7H,5H2,1-4H3,(H,16,17). The lowest BCUT2D eigenvalue weighted by Crippen LogP contribution is -2.33. The fraction of sp³-hybridized carbons (Fsp3) is 0.545. The van der Waals surface area contributed by atoms with Gasteiger partial charge in [0.15, 0.2) is 0 Å². The molecule has 0 fully saturated rings. The zero-order chi connectivity index (χ0) is 13.2. The van der Waals surface area contributed by atoms with E-state index in [2.05, 4.69) is 5.10 Å². The van der Waals surface area contributed by atoms with E-state index in [9.17, 15) is 9.59 Å². The highest BCUT2D eigenvalue weighted by Crippen LogP contribution is 2.09. The molecule has 1 aromatic heterocycles. The summed E-state index contributed by atoms with van der Waals surface area (Å²) < 4.78 is 1.57. The number of amides is 1. The summed E-state index contributed by atoms with van der Waals surface area (Å²) in [4.78, 5) is 24.1. The number of hydrogen-bond donors (Lipinski definition) is 1. The van der Waals surface area contributed by atoms with Crippen LogP contribution in [-0.2, 0) is 11.8 Å². The van der Waals surface area contributed by atoms with Crippen LogP contribution in [-0.4, -0.2) is 45.3 Å². The van der Waals surface area contributed by atoms with Crippen LogP contribution in [0.4, 0.5) is 0 Å². The number of nitrogens with zero attached hydrogens (tertiary/aromatic N) is 3. The van der Waals surface area contributed by atoms with Crippen LogP contribution in [0.1, 0.15) is 23.0 Å². The van der Waals surface area contributed by atoms with E-state index in [0.717, 1.165) is 0 Å². The summed E-state index contributed by atoms with van der Waals surface area (Å²) in [5.41, 5.74) is 1.15. The van der Waals surface area contributed by atoms with Gasteiger partial charge in [-0.1, -0.05) is 6.92 Å². The highest BCUT2D eigenvalue weighted by molar-refractivity contribution is 5.95. The maximum atomic E-state index is 12.0. The largest absolute Gasteiger partial charge is 0.481 e. The molecule has 1 rings (SSSR count). The number of carboxylic acids is 1. The van der Waals surface area contributed by atoms with Crippen molar-refractivity contribution in [2.45, 2.75) is 13.8 Å². The molecule has 6 heteroatoms. The van der Waals surface area contributed by atoms with Gasteiger partial charge in [-0.3, -0.25) is 14.3 Å². The number of hydrogen-bond acceptors (Lipinski definition) is 3. The van der Waals surface area contributed by atoms with Gasteiger partial charge < -0.3 is 10.0 Å². The van der Waals surface area contributed by atoms with Gasteiger partial charge in [0.1, 0.15) is 0 Å². The zero-order valence-electron chi connectivity index (χ0n) is 10.5. The van der Waals surface area contributed by atoms with Gasteiger partial charge in [-0.25, -0.2) is 0 Å². The average Bonchev–Trinajstić information content (AvgIpc) is 2.56. The third-order valence-corrected chi connectivity index (χ3v) is 2.56. The Bertz CT molecular complexity index is 439. The van der Waals surface area contributed by atoms with E-state index in [0.29, 0.717) is 11.3 Å². The summed E-state index contributed by atoms with van der Waals surface area (Å²) in [5.74, 6) is -1.70. The van der Waals surface area contributed by atoms with Crippen molar-refractivity contribution in [1.29, 1.82) is 0 Å². The molecule has 0 aliphatic carbocycles. The number of carboxylic acid groups (broad SMARTS) is 1. The summed E-state index contributed by atoms with van der Waals surface area (Å²) in [6, 6.07) is 0. The molecule has 1 atom stereocenters. The van der Waals surface area contributed by atoms with E-state index in [-0.39, 0.29) is 12.5 Å². The van der Waals surface area contributed by atoms with Gasteiger partial charge in [-0.05, 0) is 6.92 Å². The summed E-state index contributed by atoms with van der Waals surface area (Å²) in [6.45, 7) is 3.51. The Morgan fingerprint density at radius 3 is 2.59 bits per heavy atom. The first-order chi connectivity index (χ1) is 7.82. The van der Waals surface area contributed by atoms with Crippen LogP contribution in [0.15, 0.2) is 6.20 Å². The average molecular weight is 239 g/mol. The molecule has 17 heavy (non-hydrogen) atoms. The van der Waals surface area contributed by atoms with Crippen molar-refractivity contribution in [3.63, 3.8) is 0 Å². The van der Waals surface area contributed by atoms with Gasteiger partial charge >= 0.3 is 5.97 Å². The minimum absolute atomic E-state index is 0.183. The van der Waals surface area contributed by atoms with E-state index in [1.54, 1.807) is 38.8 Å². The molecule has 0 spiro atoms. The molecule has 1 amide bonds. The smallest absolute Gasteiger partial charge is 0.308 e. The van der Waals surface area contributed by atoms with Gasteiger partial charge in [0.25, 0.3) is 5.91 Å². The molecule has 1 unspecified atom stereocenters. The Labute approximate surface area is 99.8 Å². The lowest BCUT2D eigenvalue weighted by Gasteiger charge is -2.18. The van der Waals surface area contributed by atoms with Crippen molar-refractivity contribution in [3.05, 3.63) is 17.5 Å². The fourth-order valence-electron chi connectivity index (χ4n) is 1.59. The molecule has 94 valence electrons. The molecule has 0 saturated carbocycles. The SMILES string of the molecule is Cc1nn(C)cc1C(=O)N(C)CC(C)C(=O)O. The van der Waals surface area contributed by atoms with Crippen molar-refractivity contribution in [3.8, 4) is 0 Å². The first-order valence-electron chi connectivity index (χ1n) is 5.31. The van der Waals surface area contributed by atoms with Gasteiger partial charge in [0.05, 0.1) is 17.2 Å². The van der Waals surface area contributed by atoms with Crippen molar-refractivity contribution in [1.82, 2.24) is 14.7 Å². The highest BCUT2D eigenvalue weighted by Gasteiger charge is 2.21. The molecule has 1 aromatic rings. The van der Waals surface area contributed by atoms with Crippen LogP contribution >= 0.6 is 0 Å². The van der Waals surface area contributed by atoms with Crippen LogP contribution < -0.4 is 0 Å². The van der Waals surface area contributed by atoms with E-state index >= 15 is 0 Å². The topological polar surface area (TPSA) is 75.4 Å². The number of aliphatic carboxylic acids is 1. The lowest BCUT2D eigenvalue weighted by atomic mass is 10.1. The maximum absolute atomic E-state index is 12.0. The Morgan fingerprint density at radius 1 is 1.59 bits per heavy atom. The monoisotopic (exact) mass is 239 g/mol. The van der Waals surface area contributed by atoms with Crippen molar-refractivity contribution < 1.29 is 14.7 Å². The Morgan fingerprint density at radius 2 is 2.18 bits per heavy atom. The molecule has 1 N–H and O–H groups in total. The molecule has 0 saturated heterocycles. The summed E-state index contributed by atoms with van der Waals surface area (Å²) in [5, 5.41) is 12.9. The van der Waals surface area contributed by atoms with E-state index in [4.69, 9.17) is 5.11 Å². The third-order valence-electron chi connectivity index (χ3n) is 2.56. The minimum Gasteiger partial charge on any atom is -0.481 e. The lowest BCUT2D eigenvalue weighted by molar-refractivity contribution is -0.141. The van der Waals surface area contributed by atoms with E-state index in [1.807, 2.05) is 0 Å². The molecule has 1 heterocycles. The predicted octanol–water partition coefficient (Wildman–Crippen LogP) is 0.521. The van der Waals surface area contributed by atoms with Gasteiger partial charge in [-0.2, -0.15) is 5.10 Å². The van der Waals surface area contributed by atoms with E-state index in [1.165, 1.54) is 4.90 Å². The van der Waals surface area contributed by atoms with Crippen LogP contribution in [0.5, 0.6) is 0 Å². The predicted molar refractivity (Wildman–Crippen MR) is 61.7 cm³/mol. The molecule has 0 aliphatic rings. The second kappa shape index (κ2) is 4.99. The Hall–Kier alpha value is -1.85. The van der Waals surface area contributed by atoms with Crippen LogP contribution in [0.3, 0.4) is 0 Å². The van der Waals surface area contributed by atoms with Crippen molar-refractivity contribution in [2.75, 3.05) is 13.6 Å². The summed E-state index contributed by atoms with van der Waals surface area (Å²) in [7, 11) is 3.33. The minimum atomic E-state index is -0.910. The van der Waals surface area contributed by atoms with Crippen LogP contribution in [0.25, 0.3) is 0 Å². The summed E-state index contributed by atoms with van der Waals surface area (Å²) >= 11 is 0. The molecule has 0 aliphatic heterocycles. The molecule has 0 aromatic carbocycles. The molecule has 6 nitrogen and oxygen atoms in total. The van der Waals surface area contributed by atoms with Crippen LogP contribution in [0.2, 0.25) is 0 Å².